The molecule has 0 bridgehead atoms. The highest BCUT2D eigenvalue weighted by Crippen LogP contribution is 2.24. The summed E-state index contributed by atoms with van der Waals surface area (Å²) < 4.78 is 1.82. The summed E-state index contributed by atoms with van der Waals surface area (Å²) in [6.45, 7) is 6.26. The second kappa shape index (κ2) is 6.89. The molecule has 6 nitrogen and oxygen atoms in total. The fourth-order valence-corrected chi connectivity index (χ4v) is 3.90. The average molecular weight is 326 g/mol. The van der Waals surface area contributed by atoms with Crippen molar-refractivity contribution < 1.29 is 0 Å². The summed E-state index contributed by atoms with van der Waals surface area (Å²) in [5.74, 6) is 1.66. The van der Waals surface area contributed by atoms with E-state index in [9.17, 15) is 0 Å². The van der Waals surface area contributed by atoms with E-state index < -0.39 is 0 Å². The van der Waals surface area contributed by atoms with E-state index >= 15 is 0 Å². The third-order valence-electron chi connectivity index (χ3n) is 5.27. The smallest absolute Gasteiger partial charge is 0.227 e. The molecule has 1 saturated heterocycles. The molecule has 1 aliphatic carbocycles. The Hall–Kier alpha value is -1.95. The molecule has 6 heteroatoms. The molecule has 3 heterocycles. The summed E-state index contributed by atoms with van der Waals surface area (Å²) in [5.41, 5.74) is 0.997. The molecule has 2 aromatic heterocycles. The predicted molar refractivity (Wildman–Crippen MR) is 94.6 cm³/mol. The third kappa shape index (κ3) is 3.29. The fourth-order valence-electron chi connectivity index (χ4n) is 3.90. The minimum Gasteiger partial charge on any atom is -0.338 e. The second-order valence-electron chi connectivity index (χ2n) is 6.93. The first-order valence-electron chi connectivity index (χ1n) is 9.14. The zero-order valence-corrected chi connectivity index (χ0v) is 14.4. The number of rotatable bonds is 3. The zero-order valence-electron chi connectivity index (χ0n) is 14.4. The lowest BCUT2D eigenvalue weighted by Gasteiger charge is -2.40. The number of aryl methyl sites for hydroxylation is 1. The molecule has 0 aromatic carbocycles. The van der Waals surface area contributed by atoms with Crippen molar-refractivity contribution in [2.45, 2.75) is 45.1 Å². The second-order valence-corrected chi connectivity index (χ2v) is 6.93. The standard InChI is InChI=1S/C18H26N6/c1-15-8-10-24(21-15)17-7-9-19-18(20-17)23-13-11-22(12-14-23)16-5-3-2-4-6-16/h7-10,16H,2-6,11-14H2,1H3. The van der Waals surface area contributed by atoms with Gasteiger partial charge in [-0.3, -0.25) is 4.90 Å². The average Bonchev–Trinajstić information content (AvgIpc) is 3.09. The molecule has 0 unspecified atom stereocenters. The maximum atomic E-state index is 4.71. The minimum atomic E-state index is 0.806. The van der Waals surface area contributed by atoms with Gasteiger partial charge in [0, 0.05) is 50.7 Å². The molecule has 0 N–H and O–H groups in total. The highest BCUT2D eigenvalue weighted by atomic mass is 15.4. The number of anilines is 1. The lowest BCUT2D eigenvalue weighted by atomic mass is 9.94. The van der Waals surface area contributed by atoms with Gasteiger partial charge >= 0.3 is 0 Å². The van der Waals surface area contributed by atoms with Gasteiger partial charge in [0.2, 0.25) is 5.95 Å². The Morgan fingerprint density at radius 1 is 1.00 bits per heavy atom. The largest absolute Gasteiger partial charge is 0.338 e. The monoisotopic (exact) mass is 326 g/mol. The molecule has 2 aromatic rings. The van der Waals surface area contributed by atoms with Crippen LogP contribution in [0, 0.1) is 6.92 Å². The molecule has 0 radical (unpaired) electrons. The van der Waals surface area contributed by atoms with Crippen LogP contribution in [0.25, 0.3) is 5.82 Å². The quantitative estimate of drug-likeness (QED) is 0.867. The summed E-state index contributed by atoms with van der Waals surface area (Å²) in [6, 6.07) is 4.71. The molecular formula is C18H26N6. The highest BCUT2D eigenvalue weighted by molar-refractivity contribution is 5.35. The lowest BCUT2D eigenvalue weighted by Crippen LogP contribution is -2.51. The number of hydrogen-bond acceptors (Lipinski definition) is 5. The van der Waals surface area contributed by atoms with Crippen molar-refractivity contribution in [3.63, 3.8) is 0 Å². The number of piperazine rings is 1. The molecule has 2 aliphatic rings. The summed E-state index contributed by atoms with van der Waals surface area (Å²) >= 11 is 0. The van der Waals surface area contributed by atoms with Crippen LogP contribution in [0.3, 0.4) is 0 Å². The first-order chi connectivity index (χ1) is 11.8. The Bertz CT molecular complexity index is 668. The van der Waals surface area contributed by atoms with E-state index in [0.29, 0.717) is 0 Å². The van der Waals surface area contributed by atoms with E-state index in [4.69, 9.17) is 4.98 Å². The molecule has 0 atom stereocenters. The van der Waals surface area contributed by atoms with Crippen molar-refractivity contribution in [2.24, 2.45) is 0 Å². The SMILES string of the molecule is Cc1ccn(-c2ccnc(N3CCN(C4CCCCC4)CC3)n2)n1. The van der Waals surface area contributed by atoms with E-state index in [2.05, 4.69) is 19.9 Å². The molecule has 128 valence electrons. The van der Waals surface area contributed by atoms with Crippen LogP contribution in [-0.2, 0) is 0 Å². The van der Waals surface area contributed by atoms with Crippen molar-refractivity contribution >= 4 is 5.95 Å². The minimum absolute atomic E-state index is 0.806. The first kappa shape index (κ1) is 15.6. The van der Waals surface area contributed by atoms with E-state index in [1.54, 1.807) is 0 Å². The van der Waals surface area contributed by atoms with Crippen LogP contribution < -0.4 is 4.90 Å². The fraction of sp³-hybridized carbons (Fsp3) is 0.611. The van der Waals surface area contributed by atoms with Gasteiger partial charge < -0.3 is 4.90 Å². The molecule has 24 heavy (non-hydrogen) atoms. The Kier molecular flexibility index (Phi) is 4.47. The van der Waals surface area contributed by atoms with Gasteiger partial charge in [-0.05, 0) is 25.8 Å². The van der Waals surface area contributed by atoms with E-state index in [-0.39, 0.29) is 0 Å². The van der Waals surface area contributed by atoms with Crippen molar-refractivity contribution in [2.75, 3.05) is 31.1 Å². The Balaban J connectivity index is 1.42. The molecule has 0 spiro atoms. The van der Waals surface area contributed by atoms with Crippen molar-refractivity contribution in [1.29, 1.82) is 0 Å². The van der Waals surface area contributed by atoms with E-state index in [1.165, 1.54) is 32.1 Å². The van der Waals surface area contributed by atoms with Gasteiger partial charge in [-0.25, -0.2) is 9.67 Å². The maximum Gasteiger partial charge on any atom is 0.227 e. The highest BCUT2D eigenvalue weighted by Gasteiger charge is 2.26. The van der Waals surface area contributed by atoms with Gasteiger partial charge in [0.25, 0.3) is 0 Å². The number of aromatic nitrogens is 4. The van der Waals surface area contributed by atoms with E-state index in [0.717, 1.165) is 49.7 Å². The summed E-state index contributed by atoms with van der Waals surface area (Å²) in [7, 11) is 0. The topological polar surface area (TPSA) is 50.1 Å². The number of nitrogens with zero attached hydrogens (tertiary/aromatic N) is 6. The molecule has 1 aliphatic heterocycles. The van der Waals surface area contributed by atoms with Gasteiger partial charge in [-0.2, -0.15) is 10.1 Å². The molecule has 4 rings (SSSR count). The van der Waals surface area contributed by atoms with Crippen molar-refractivity contribution in [1.82, 2.24) is 24.6 Å². The Morgan fingerprint density at radius 3 is 2.50 bits per heavy atom. The van der Waals surface area contributed by atoms with Crippen LogP contribution in [-0.4, -0.2) is 56.9 Å². The molecule has 2 fully saturated rings. The van der Waals surface area contributed by atoms with Crippen LogP contribution in [0.4, 0.5) is 5.95 Å². The van der Waals surface area contributed by atoms with Gasteiger partial charge in [-0.1, -0.05) is 19.3 Å². The molecular weight excluding hydrogens is 300 g/mol. The number of hydrogen-bond donors (Lipinski definition) is 0. The lowest BCUT2D eigenvalue weighted by molar-refractivity contribution is 0.147. The van der Waals surface area contributed by atoms with Crippen molar-refractivity contribution in [3.05, 3.63) is 30.2 Å². The van der Waals surface area contributed by atoms with Gasteiger partial charge in [0.05, 0.1) is 5.69 Å². The molecule has 0 amide bonds. The Morgan fingerprint density at radius 2 is 1.79 bits per heavy atom. The van der Waals surface area contributed by atoms with Crippen LogP contribution >= 0.6 is 0 Å². The normalized spacial score (nSPS) is 20.5. The van der Waals surface area contributed by atoms with Gasteiger partial charge in [-0.15, -0.1) is 0 Å². The van der Waals surface area contributed by atoms with Gasteiger partial charge in [0.1, 0.15) is 0 Å². The zero-order chi connectivity index (χ0) is 16.4. The maximum absolute atomic E-state index is 4.71. The predicted octanol–water partition coefficient (Wildman–Crippen LogP) is 2.43. The molecule has 1 saturated carbocycles. The van der Waals surface area contributed by atoms with Crippen LogP contribution in [0.15, 0.2) is 24.5 Å². The van der Waals surface area contributed by atoms with E-state index in [1.807, 2.05) is 36.1 Å². The van der Waals surface area contributed by atoms with Crippen LogP contribution in [0.5, 0.6) is 0 Å². The summed E-state index contributed by atoms with van der Waals surface area (Å²) in [6.07, 6.45) is 10.8. The Labute approximate surface area is 143 Å². The van der Waals surface area contributed by atoms with Crippen LogP contribution in [0.1, 0.15) is 37.8 Å². The first-order valence-corrected chi connectivity index (χ1v) is 9.14. The van der Waals surface area contributed by atoms with Crippen molar-refractivity contribution in [3.8, 4) is 5.82 Å². The van der Waals surface area contributed by atoms with Gasteiger partial charge in [0.15, 0.2) is 5.82 Å². The third-order valence-corrected chi connectivity index (χ3v) is 5.27. The van der Waals surface area contributed by atoms with Crippen LogP contribution in [0.2, 0.25) is 0 Å². The summed E-state index contributed by atoms with van der Waals surface area (Å²) in [4.78, 5) is 14.2. The summed E-state index contributed by atoms with van der Waals surface area (Å²) in [5, 5.41) is 4.44.